The first-order valence-electron chi connectivity index (χ1n) is 12.0. The minimum Gasteiger partial charge on any atom is -0.479 e. The van der Waals surface area contributed by atoms with Crippen molar-refractivity contribution in [2.24, 2.45) is 0 Å². The maximum atomic E-state index is 12.7. The number of aryl methyl sites for hydroxylation is 1. The largest absolute Gasteiger partial charge is 0.479 e. The number of hydrogen-bond acceptors (Lipinski definition) is 7. The van der Waals surface area contributed by atoms with E-state index in [1.54, 1.807) is 25.5 Å². The molecule has 0 bridgehead atoms. The lowest BCUT2D eigenvalue weighted by Crippen LogP contribution is -2.36. The fraction of sp³-hybridized carbons (Fsp3) is 0.296. The van der Waals surface area contributed by atoms with Crippen molar-refractivity contribution < 1.29 is 9.53 Å². The number of carbonyl (C=O) groups is 1. The van der Waals surface area contributed by atoms with E-state index in [1.807, 2.05) is 23.1 Å². The first kappa shape index (κ1) is 23.5. The molecule has 0 unspecified atom stereocenters. The summed E-state index contributed by atoms with van der Waals surface area (Å²) in [5, 5.41) is 4.54. The lowest BCUT2D eigenvalue weighted by molar-refractivity contribution is -0.129. The normalized spacial score (nSPS) is 14.1. The number of piperidine rings is 1. The van der Waals surface area contributed by atoms with Gasteiger partial charge in [-0.1, -0.05) is 6.07 Å². The monoisotopic (exact) mass is 484 g/mol. The number of carbonyl (C=O) groups excluding carboxylic acids is 1. The summed E-state index contributed by atoms with van der Waals surface area (Å²) in [6.07, 6.45) is 6.66. The SMILES string of the molecule is COc1nccnc1-c1cc2cc[nH]c(=O)c2c(Nc2ccc(C3CCN(C(C)=O)CC3)c(C)c2)n1. The van der Waals surface area contributed by atoms with Crippen LogP contribution in [-0.2, 0) is 4.79 Å². The van der Waals surface area contributed by atoms with Crippen molar-refractivity contribution in [3.8, 4) is 17.3 Å². The van der Waals surface area contributed by atoms with Crippen molar-refractivity contribution in [2.45, 2.75) is 32.6 Å². The summed E-state index contributed by atoms with van der Waals surface area (Å²) < 4.78 is 5.38. The van der Waals surface area contributed by atoms with Crippen LogP contribution in [0, 0.1) is 6.92 Å². The van der Waals surface area contributed by atoms with E-state index in [0.29, 0.717) is 34.4 Å². The molecule has 0 saturated carbocycles. The second-order valence-corrected chi connectivity index (χ2v) is 9.02. The van der Waals surface area contributed by atoms with Gasteiger partial charge in [-0.05, 0) is 66.5 Å². The predicted molar refractivity (Wildman–Crippen MR) is 139 cm³/mol. The molecular formula is C27H28N6O3. The van der Waals surface area contributed by atoms with E-state index in [1.165, 1.54) is 12.7 Å². The van der Waals surface area contributed by atoms with Gasteiger partial charge < -0.3 is 19.9 Å². The van der Waals surface area contributed by atoms with Crippen LogP contribution in [0.25, 0.3) is 22.2 Å². The molecule has 36 heavy (non-hydrogen) atoms. The fourth-order valence-electron chi connectivity index (χ4n) is 4.93. The first-order valence-corrected chi connectivity index (χ1v) is 12.0. The number of hydrogen-bond donors (Lipinski definition) is 2. The summed E-state index contributed by atoms with van der Waals surface area (Å²) in [7, 11) is 1.53. The Morgan fingerprint density at radius 2 is 1.92 bits per heavy atom. The summed E-state index contributed by atoms with van der Waals surface area (Å²) in [6.45, 7) is 5.30. The number of aromatic amines is 1. The smallest absolute Gasteiger partial charge is 0.259 e. The zero-order valence-electron chi connectivity index (χ0n) is 20.5. The third-order valence-corrected chi connectivity index (χ3v) is 6.77. The number of likely N-dealkylation sites (tertiary alicyclic amines) is 1. The number of nitrogens with zero attached hydrogens (tertiary/aromatic N) is 4. The Morgan fingerprint density at radius 1 is 1.14 bits per heavy atom. The number of aromatic nitrogens is 4. The van der Waals surface area contributed by atoms with E-state index in [-0.39, 0.29) is 11.5 Å². The highest BCUT2D eigenvalue weighted by Gasteiger charge is 2.23. The molecule has 4 heterocycles. The molecule has 1 aliphatic rings. The molecule has 1 saturated heterocycles. The third-order valence-electron chi connectivity index (χ3n) is 6.77. The molecule has 2 N–H and O–H groups in total. The maximum absolute atomic E-state index is 12.7. The number of rotatable bonds is 5. The summed E-state index contributed by atoms with van der Waals surface area (Å²) in [6, 6.07) is 9.86. The minimum atomic E-state index is -0.231. The molecular weight excluding hydrogens is 456 g/mol. The molecule has 1 amide bonds. The van der Waals surface area contributed by atoms with Crippen molar-refractivity contribution in [3.05, 3.63) is 70.4 Å². The maximum Gasteiger partial charge on any atom is 0.259 e. The molecule has 1 aliphatic heterocycles. The van der Waals surface area contributed by atoms with Crippen LogP contribution >= 0.6 is 0 Å². The lowest BCUT2D eigenvalue weighted by Gasteiger charge is -2.32. The van der Waals surface area contributed by atoms with Gasteiger partial charge in [0.15, 0.2) is 5.69 Å². The number of H-pyrrole nitrogens is 1. The Morgan fingerprint density at radius 3 is 2.64 bits per heavy atom. The highest BCUT2D eigenvalue weighted by Crippen LogP contribution is 2.34. The molecule has 0 radical (unpaired) electrons. The van der Waals surface area contributed by atoms with Gasteiger partial charge >= 0.3 is 0 Å². The molecule has 5 rings (SSSR count). The van der Waals surface area contributed by atoms with Gasteiger partial charge in [-0.15, -0.1) is 0 Å². The summed E-state index contributed by atoms with van der Waals surface area (Å²) in [5.41, 5.74) is 4.09. The highest BCUT2D eigenvalue weighted by atomic mass is 16.5. The number of anilines is 2. The van der Waals surface area contributed by atoms with E-state index in [9.17, 15) is 9.59 Å². The van der Waals surface area contributed by atoms with E-state index in [4.69, 9.17) is 9.72 Å². The number of ether oxygens (including phenoxy) is 1. The predicted octanol–water partition coefficient (Wildman–Crippen LogP) is 4.17. The van der Waals surface area contributed by atoms with Crippen LogP contribution in [0.2, 0.25) is 0 Å². The minimum absolute atomic E-state index is 0.140. The van der Waals surface area contributed by atoms with Crippen molar-refractivity contribution >= 4 is 28.2 Å². The Bertz CT molecular complexity index is 1490. The Hall–Kier alpha value is -4.27. The third kappa shape index (κ3) is 4.51. The van der Waals surface area contributed by atoms with E-state index >= 15 is 0 Å². The Balaban J connectivity index is 1.49. The molecule has 0 atom stereocenters. The zero-order chi connectivity index (χ0) is 25.2. The van der Waals surface area contributed by atoms with Crippen molar-refractivity contribution in [1.82, 2.24) is 24.8 Å². The van der Waals surface area contributed by atoms with Crippen LogP contribution in [0.15, 0.2) is 53.7 Å². The van der Waals surface area contributed by atoms with Gasteiger partial charge in [0.2, 0.25) is 11.8 Å². The van der Waals surface area contributed by atoms with E-state index < -0.39 is 0 Å². The summed E-state index contributed by atoms with van der Waals surface area (Å²) in [5.74, 6) is 1.35. The highest BCUT2D eigenvalue weighted by molar-refractivity contribution is 5.95. The van der Waals surface area contributed by atoms with Crippen molar-refractivity contribution in [3.63, 3.8) is 0 Å². The zero-order valence-corrected chi connectivity index (χ0v) is 20.5. The molecule has 0 spiro atoms. The molecule has 1 aromatic carbocycles. The Labute approximate surface area is 208 Å². The van der Waals surface area contributed by atoms with Gasteiger partial charge in [-0.3, -0.25) is 9.59 Å². The summed E-state index contributed by atoms with van der Waals surface area (Å²) in [4.78, 5) is 42.5. The number of pyridine rings is 2. The number of nitrogens with one attached hydrogen (secondary N) is 2. The van der Waals surface area contributed by atoms with Crippen LogP contribution < -0.4 is 15.6 Å². The second kappa shape index (κ2) is 9.77. The fourth-order valence-corrected chi connectivity index (χ4v) is 4.93. The number of amides is 1. The molecule has 3 aromatic heterocycles. The average Bonchev–Trinajstić information content (AvgIpc) is 2.88. The van der Waals surface area contributed by atoms with Gasteiger partial charge in [-0.2, -0.15) is 0 Å². The second-order valence-electron chi connectivity index (χ2n) is 9.02. The first-order chi connectivity index (χ1) is 17.4. The van der Waals surface area contributed by atoms with Crippen molar-refractivity contribution in [2.75, 3.05) is 25.5 Å². The summed E-state index contributed by atoms with van der Waals surface area (Å²) >= 11 is 0. The van der Waals surface area contributed by atoms with Gasteiger partial charge in [-0.25, -0.2) is 15.0 Å². The van der Waals surface area contributed by atoms with E-state index in [2.05, 4.69) is 39.3 Å². The van der Waals surface area contributed by atoms with Crippen LogP contribution in [-0.4, -0.2) is 50.9 Å². The molecule has 1 fully saturated rings. The average molecular weight is 485 g/mol. The topological polar surface area (TPSA) is 113 Å². The number of benzene rings is 1. The Kier molecular flexibility index (Phi) is 6.37. The molecule has 9 nitrogen and oxygen atoms in total. The quantitative estimate of drug-likeness (QED) is 0.437. The molecule has 0 aliphatic carbocycles. The van der Waals surface area contributed by atoms with Gasteiger partial charge in [0, 0.05) is 44.3 Å². The molecule has 184 valence electrons. The van der Waals surface area contributed by atoms with E-state index in [0.717, 1.165) is 42.6 Å². The van der Waals surface area contributed by atoms with Gasteiger partial charge in [0.1, 0.15) is 5.82 Å². The van der Waals surface area contributed by atoms with Crippen LogP contribution in [0.3, 0.4) is 0 Å². The van der Waals surface area contributed by atoms with Crippen LogP contribution in [0.4, 0.5) is 11.5 Å². The lowest BCUT2D eigenvalue weighted by atomic mass is 9.86. The molecule has 9 heteroatoms. The van der Waals surface area contributed by atoms with Crippen molar-refractivity contribution in [1.29, 1.82) is 0 Å². The molecule has 4 aromatic rings. The van der Waals surface area contributed by atoms with Gasteiger partial charge in [0.05, 0.1) is 18.2 Å². The standard InChI is InChI=1S/C27H28N6O3/c1-16-14-20(4-5-21(16)18-7-12-33(13-8-18)17(2)34)31-25-23-19(6-9-29-26(23)35)15-22(32-25)24-27(36-3)30-11-10-28-24/h4-6,9-11,14-15,18H,7-8,12-13H2,1-3H3,(H,29,35)(H,31,32). The van der Waals surface area contributed by atoms with Gasteiger partial charge in [0.25, 0.3) is 5.56 Å². The van der Waals surface area contributed by atoms with Crippen LogP contribution in [0.5, 0.6) is 5.88 Å². The number of methoxy groups -OCH3 is 1. The van der Waals surface area contributed by atoms with Crippen LogP contribution in [0.1, 0.15) is 36.8 Å². The number of fused-ring (bicyclic) bond motifs is 1.